The van der Waals surface area contributed by atoms with Crippen molar-refractivity contribution in [3.63, 3.8) is 0 Å². The lowest BCUT2D eigenvalue weighted by molar-refractivity contribution is -0.228. The number of benzene rings is 1. The Bertz CT molecular complexity index is 1660. The van der Waals surface area contributed by atoms with E-state index in [9.17, 15) is 18.3 Å². The molecule has 4 saturated carbocycles. The molecule has 5 fully saturated rings. The summed E-state index contributed by atoms with van der Waals surface area (Å²) in [6.07, 6.45) is 13.5. The number of methoxy groups -OCH3 is 1. The minimum atomic E-state index is -2.88. The smallest absolute Gasteiger partial charge is 0.337 e. The van der Waals surface area contributed by atoms with E-state index >= 15 is 0 Å². The second-order valence-corrected chi connectivity index (χ2v) is 22.2. The molecule has 1 saturated heterocycles. The molecule has 7 nitrogen and oxygen atoms in total. The largest absolute Gasteiger partial charge is 0.465 e. The molecular formula is C44H68N2O5S. The van der Waals surface area contributed by atoms with E-state index in [0.717, 1.165) is 25.9 Å². The highest BCUT2D eigenvalue weighted by atomic mass is 32.2. The van der Waals surface area contributed by atoms with Gasteiger partial charge in [-0.2, -0.15) is 0 Å². The zero-order valence-corrected chi connectivity index (χ0v) is 34.3. The monoisotopic (exact) mass is 736 g/mol. The van der Waals surface area contributed by atoms with E-state index < -0.39 is 9.84 Å². The minimum Gasteiger partial charge on any atom is -0.465 e. The number of rotatable bonds is 8. The fourth-order valence-corrected chi connectivity index (χ4v) is 15.8. The maximum absolute atomic E-state index is 12.2. The molecule has 6 aliphatic rings. The van der Waals surface area contributed by atoms with Crippen LogP contribution in [0.2, 0.25) is 0 Å². The molecule has 0 radical (unpaired) electrons. The van der Waals surface area contributed by atoms with Crippen LogP contribution in [0.15, 0.2) is 30.3 Å². The lowest BCUT2D eigenvalue weighted by Crippen LogP contribution is -2.69. The van der Waals surface area contributed by atoms with Gasteiger partial charge in [0.15, 0.2) is 9.84 Å². The van der Waals surface area contributed by atoms with Gasteiger partial charge in [-0.1, -0.05) is 66.7 Å². The van der Waals surface area contributed by atoms with Gasteiger partial charge < -0.3 is 20.1 Å². The number of allylic oxidation sites excluding steroid dienone is 2. The van der Waals surface area contributed by atoms with Crippen molar-refractivity contribution in [2.24, 2.45) is 56.7 Å². The van der Waals surface area contributed by atoms with Gasteiger partial charge in [0.2, 0.25) is 0 Å². The Labute approximate surface area is 315 Å². The molecule has 1 aliphatic heterocycles. The molecule has 2 N–H and O–H groups in total. The Hall–Kier alpha value is -1.74. The summed E-state index contributed by atoms with van der Waals surface area (Å²) in [6.45, 7) is 21.2. The lowest BCUT2D eigenvalue weighted by Gasteiger charge is -2.73. The fraction of sp³-hybridized carbons (Fsp3) is 0.795. The summed E-state index contributed by atoms with van der Waals surface area (Å²) in [6, 6.07) is 8.07. The number of carbonyl (C=O) groups is 1. The topological polar surface area (TPSA) is 95.9 Å². The molecule has 1 aromatic rings. The van der Waals surface area contributed by atoms with E-state index in [1.807, 2.05) is 12.1 Å². The van der Waals surface area contributed by atoms with Crippen molar-refractivity contribution in [1.29, 1.82) is 0 Å². The summed E-state index contributed by atoms with van der Waals surface area (Å²) in [5.41, 5.74) is 4.09. The summed E-state index contributed by atoms with van der Waals surface area (Å²) in [5.74, 6) is 2.87. The lowest BCUT2D eigenvalue weighted by atomic mass is 9.32. The first-order valence-corrected chi connectivity index (χ1v) is 22.4. The molecule has 290 valence electrons. The van der Waals surface area contributed by atoms with E-state index in [4.69, 9.17) is 4.74 Å². The summed E-state index contributed by atoms with van der Waals surface area (Å²) in [4.78, 5) is 14.5. The molecule has 5 aliphatic carbocycles. The van der Waals surface area contributed by atoms with Crippen LogP contribution >= 0.6 is 0 Å². The number of sulfone groups is 1. The fourth-order valence-electron chi connectivity index (χ4n) is 14.5. The van der Waals surface area contributed by atoms with E-state index in [-0.39, 0.29) is 62.6 Å². The number of ether oxygens (including phenoxy) is 1. The van der Waals surface area contributed by atoms with E-state index in [1.54, 1.807) is 0 Å². The van der Waals surface area contributed by atoms with Crippen LogP contribution in [0, 0.1) is 56.7 Å². The van der Waals surface area contributed by atoms with Crippen molar-refractivity contribution >= 4 is 21.4 Å². The highest BCUT2D eigenvalue weighted by Crippen LogP contribution is 2.77. The first-order chi connectivity index (χ1) is 24.4. The second-order valence-electron chi connectivity index (χ2n) is 19.9. The van der Waals surface area contributed by atoms with Crippen molar-refractivity contribution in [1.82, 2.24) is 10.2 Å². The van der Waals surface area contributed by atoms with Crippen LogP contribution in [0.5, 0.6) is 0 Å². The SMILES string of the molecule is COC(=O)c1ccc(C2=CC[C@]3(C)[C@H]4CC[C@@H]5[C@@H]6[C@](NCCN7CCS(=O)(=O)CC7)(CC[C@@]6(C)C(C)CO)CC[C@@]5(C)[C@]4(C)CC[C@H]3C2(C)C)cc1. The average Bonchev–Trinajstić information content (AvgIpc) is 3.41. The molecule has 10 atom stereocenters. The van der Waals surface area contributed by atoms with E-state index in [1.165, 1.54) is 63.2 Å². The third kappa shape index (κ3) is 5.72. The van der Waals surface area contributed by atoms with Crippen LogP contribution in [0.1, 0.15) is 122 Å². The predicted molar refractivity (Wildman–Crippen MR) is 210 cm³/mol. The normalized spacial score (nSPS) is 42.9. The molecule has 0 bridgehead atoms. The molecule has 1 unspecified atom stereocenters. The minimum absolute atomic E-state index is 0.0175. The molecule has 8 heteroatoms. The third-order valence-corrected chi connectivity index (χ3v) is 19.4. The van der Waals surface area contributed by atoms with Gasteiger partial charge in [-0.3, -0.25) is 0 Å². The van der Waals surface area contributed by atoms with Gasteiger partial charge in [-0.25, -0.2) is 13.2 Å². The first-order valence-electron chi connectivity index (χ1n) is 20.6. The van der Waals surface area contributed by atoms with Crippen molar-refractivity contribution in [2.45, 2.75) is 112 Å². The number of aliphatic hydroxyl groups is 1. The molecule has 0 spiro atoms. The standard InChI is InChI=1S/C44H68N2O5S/c1-30(29-47)40(4)19-21-44(45-23-24-46-25-27-52(49,50)28-26-46)22-20-42(6)34(37(40)44)13-14-36-41(5)17-15-33(31-9-11-32(12-10-31)38(48)51-8)39(2,3)35(41)16-18-43(36,42)7/h9-12,15,30,34-37,45,47H,13-14,16-29H2,1-8H3/t30?,34-,35+,36-,37+,40+,41+,42-,43-,44+/m1/s1. The van der Waals surface area contributed by atoms with Gasteiger partial charge in [0.1, 0.15) is 0 Å². The Morgan fingerprint density at radius 2 is 1.60 bits per heavy atom. The highest BCUT2D eigenvalue weighted by molar-refractivity contribution is 7.91. The Kier molecular flexibility index (Phi) is 9.77. The maximum Gasteiger partial charge on any atom is 0.337 e. The molecule has 0 amide bonds. The van der Waals surface area contributed by atoms with Crippen molar-refractivity contribution in [3.05, 3.63) is 41.5 Å². The molecule has 52 heavy (non-hydrogen) atoms. The summed E-state index contributed by atoms with van der Waals surface area (Å²) in [7, 11) is -1.44. The Morgan fingerprint density at radius 3 is 2.25 bits per heavy atom. The Balaban J connectivity index is 1.17. The van der Waals surface area contributed by atoms with Crippen LogP contribution < -0.4 is 5.32 Å². The number of hydrogen-bond donors (Lipinski definition) is 2. The zero-order chi connectivity index (χ0) is 37.5. The Morgan fingerprint density at radius 1 is 0.923 bits per heavy atom. The van der Waals surface area contributed by atoms with Crippen molar-refractivity contribution in [2.75, 3.05) is 51.4 Å². The number of fused-ring (bicyclic) bond motifs is 7. The number of esters is 1. The van der Waals surface area contributed by atoms with Gasteiger partial charge in [0.25, 0.3) is 0 Å². The molecule has 1 heterocycles. The zero-order valence-electron chi connectivity index (χ0n) is 33.5. The number of carbonyl (C=O) groups excluding carboxylic acids is 1. The molecule has 7 rings (SSSR count). The molecular weight excluding hydrogens is 669 g/mol. The van der Waals surface area contributed by atoms with Crippen molar-refractivity contribution in [3.8, 4) is 0 Å². The number of nitrogens with zero attached hydrogens (tertiary/aromatic N) is 1. The summed E-state index contributed by atoms with van der Waals surface area (Å²) in [5, 5.41) is 14.9. The van der Waals surface area contributed by atoms with Gasteiger partial charge in [-0.15, -0.1) is 0 Å². The molecule has 1 aromatic carbocycles. The second kappa shape index (κ2) is 13.2. The van der Waals surface area contributed by atoms with Crippen LogP contribution in [0.25, 0.3) is 5.57 Å². The van der Waals surface area contributed by atoms with Crippen LogP contribution in [0.3, 0.4) is 0 Å². The molecule has 0 aromatic heterocycles. The first kappa shape index (κ1) is 38.5. The quantitative estimate of drug-likeness (QED) is 0.265. The maximum atomic E-state index is 12.2. The van der Waals surface area contributed by atoms with Crippen molar-refractivity contribution < 1.29 is 23.1 Å². The van der Waals surface area contributed by atoms with Gasteiger partial charge in [-0.05, 0) is 138 Å². The van der Waals surface area contributed by atoms with E-state index in [2.05, 4.69) is 76.9 Å². The van der Waals surface area contributed by atoms with Crippen LogP contribution in [0.4, 0.5) is 0 Å². The third-order valence-electron chi connectivity index (χ3n) is 17.8. The summed E-state index contributed by atoms with van der Waals surface area (Å²) >= 11 is 0. The van der Waals surface area contributed by atoms with Gasteiger partial charge >= 0.3 is 5.97 Å². The average molecular weight is 737 g/mol. The number of nitrogens with one attached hydrogen (secondary N) is 1. The highest BCUT2D eigenvalue weighted by Gasteiger charge is 2.72. The van der Waals surface area contributed by atoms with E-state index in [0.29, 0.717) is 42.3 Å². The van der Waals surface area contributed by atoms with Crippen LogP contribution in [-0.4, -0.2) is 81.3 Å². The van der Waals surface area contributed by atoms with Crippen LogP contribution in [-0.2, 0) is 14.6 Å². The summed E-state index contributed by atoms with van der Waals surface area (Å²) < 4.78 is 29.1. The van der Waals surface area contributed by atoms with Gasteiger partial charge in [0.05, 0.1) is 24.2 Å². The predicted octanol–water partition coefficient (Wildman–Crippen LogP) is 7.64. The number of hydrogen-bond acceptors (Lipinski definition) is 7. The van der Waals surface area contributed by atoms with Gasteiger partial charge in [0, 0.05) is 38.3 Å². The number of aliphatic hydroxyl groups excluding tert-OH is 1.